The van der Waals surface area contributed by atoms with Crippen molar-refractivity contribution in [3.05, 3.63) is 101 Å². The maximum absolute atomic E-state index is 13.2. The molecule has 5 rings (SSSR count). The van der Waals surface area contributed by atoms with E-state index >= 15 is 0 Å². The summed E-state index contributed by atoms with van der Waals surface area (Å²) in [7, 11) is 0. The highest BCUT2D eigenvalue weighted by Gasteiger charge is 2.24. The number of pyridine rings is 1. The van der Waals surface area contributed by atoms with Crippen LogP contribution in [-0.4, -0.2) is 35.1 Å². The summed E-state index contributed by atoms with van der Waals surface area (Å²) in [4.78, 5) is 17.9. The van der Waals surface area contributed by atoms with Gasteiger partial charge < -0.3 is 15.2 Å². The number of carbonyl (C=O) groups is 1. The minimum Gasteiger partial charge on any atom is -0.356 e. The van der Waals surface area contributed by atoms with E-state index in [1.165, 1.54) is 29.5 Å². The molecular weight excluding hydrogens is 480 g/mol. The zero-order chi connectivity index (χ0) is 24.7. The van der Waals surface area contributed by atoms with E-state index in [0.717, 1.165) is 49.2 Å². The van der Waals surface area contributed by atoms with Crippen LogP contribution in [0.3, 0.4) is 0 Å². The molecule has 5 nitrogen and oxygen atoms in total. The lowest BCUT2D eigenvalue weighted by Gasteiger charge is -2.23. The molecule has 0 bridgehead atoms. The number of halogens is 1. The van der Waals surface area contributed by atoms with E-state index in [1.54, 1.807) is 0 Å². The summed E-state index contributed by atoms with van der Waals surface area (Å²) in [6.45, 7) is 5.79. The van der Waals surface area contributed by atoms with Gasteiger partial charge in [-0.15, -0.1) is 12.4 Å². The Labute approximate surface area is 226 Å². The van der Waals surface area contributed by atoms with Gasteiger partial charge in [0.2, 0.25) is 5.91 Å². The van der Waals surface area contributed by atoms with Crippen LogP contribution >= 0.6 is 12.4 Å². The Hall–Kier alpha value is -3.15. The fourth-order valence-electron chi connectivity index (χ4n) is 5.47. The number of nitrogens with zero attached hydrogens (tertiary/aromatic N) is 2. The fraction of sp³-hybridized carbons (Fsp3) is 0.355. The summed E-state index contributed by atoms with van der Waals surface area (Å²) in [5.41, 5.74) is 5.73. The third-order valence-corrected chi connectivity index (χ3v) is 7.40. The van der Waals surface area contributed by atoms with Crippen LogP contribution in [0.1, 0.15) is 53.9 Å². The SMILES string of the molecule is Cc1cccc(C(CC(=O)NCCC2CCNCC2)c2cn(Cc3ccccc3)c3ncccc23)c1.Cl. The summed E-state index contributed by atoms with van der Waals surface area (Å²) in [5, 5.41) is 7.76. The van der Waals surface area contributed by atoms with E-state index in [2.05, 4.69) is 82.9 Å². The van der Waals surface area contributed by atoms with Crippen LogP contribution < -0.4 is 10.6 Å². The molecule has 4 aromatic rings. The molecule has 1 atom stereocenters. The van der Waals surface area contributed by atoms with E-state index < -0.39 is 0 Å². The zero-order valence-electron chi connectivity index (χ0n) is 21.5. The first-order valence-corrected chi connectivity index (χ1v) is 13.2. The van der Waals surface area contributed by atoms with Gasteiger partial charge in [-0.1, -0.05) is 60.2 Å². The number of rotatable bonds is 9. The van der Waals surface area contributed by atoms with Gasteiger partial charge in [0.1, 0.15) is 5.65 Å². The van der Waals surface area contributed by atoms with Gasteiger partial charge in [-0.25, -0.2) is 4.98 Å². The zero-order valence-corrected chi connectivity index (χ0v) is 22.3. The number of fused-ring (bicyclic) bond motifs is 1. The van der Waals surface area contributed by atoms with Gasteiger partial charge >= 0.3 is 0 Å². The van der Waals surface area contributed by atoms with Crippen LogP contribution in [0, 0.1) is 12.8 Å². The second-order valence-electron chi connectivity index (χ2n) is 10.1. The number of benzene rings is 2. The maximum Gasteiger partial charge on any atom is 0.220 e. The molecule has 2 aromatic carbocycles. The molecule has 0 aliphatic carbocycles. The van der Waals surface area contributed by atoms with Gasteiger partial charge in [-0.2, -0.15) is 0 Å². The van der Waals surface area contributed by atoms with E-state index in [4.69, 9.17) is 4.98 Å². The topological polar surface area (TPSA) is 59.0 Å². The summed E-state index contributed by atoms with van der Waals surface area (Å²) in [6, 6.07) is 23.2. The number of piperidine rings is 1. The molecule has 1 aliphatic rings. The molecule has 194 valence electrons. The van der Waals surface area contributed by atoms with E-state index in [9.17, 15) is 4.79 Å². The van der Waals surface area contributed by atoms with Gasteiger partial charge in [0.05, 0.1) is 0 Å². The van der Waals surface area contributed by atoms with Crippen LogP contribution in [0.25, 0.3) is 11.0 Å². The number of nitrogens with one attached hydrogen (secondary N) is 2. The molecule has 2 N–H and O–H groups in total. The normalized spacial score (nSPS) is 14.7. The summed E-state index contributed by atoms with van der Waals surface area (Å²) < 4.78 is 2.22. The van der Waals surface area contributed by atoms with Gasteiger partial charge in [-0.3, -0.25) is 4.79 Å². The van der Waals surface area contributed by atoms with E-state index in [1.807, 2.05) is 18.3 Å². The molecule has 3 heterocycles. The Morgan fingerprint density at radius 3 is 2.68 bits per heavy atom. The predicted octanol–water partition coefficient (Wildman–Crippen LogP) is 5.84. The predicted molar refractivity (Wildman–Crippen MR) is 153 cm³/mol. The first-order chi connectivity index (χ1) is 17.7. The highest BCUT2D eigenvalue weighted by molar-refractivity contribution is 5.85. The molecule has 1 saturated heterocycles. The van der Waals surface area contributed by atoms with Crippen LogP contribution in [0.5, 0.6) is 0 Å². The minimum absolute atomic E-state index is 0. The number of carbonyl (C=O) groups excluding carboxylic acids is 1. The second kappa shape index (κ2) is 12.9. The van der Waals surface area contributed by atoms with Crippen molar-refractivity contribution in [3.63, 3.8) is 0 Å². The Morgan fingerprint density at radius 2 is 1.89 bits per heavy atom. The highest BCUT2D eigenvalue weighted by atomic mass is 35.5. The molecule has 6 heteroatoms. The van der Waals surface area contributed by atoms with Gasteiger partial charge in [0.25, 0.3) is 0 Å². The number of aromatic nitrogens is 2. The van der Waals surface area contributed by atoms with Crippen molar-refractivity contribution in [2.24, 2.45) is 5.92 Å². The Bertz CT molecular complexity index is 1300. The summed E-state index contributed by atoms with van der Waals surface area (Å²) in [5.74, 6) is 0.789. The standard InChI is InChI=1S/C31H36N4O.ClH/c1-23-7-5-10-26(19-23)28(20-30(36)33-18-14-24-12-16-32-17-13-24)29-22-35(21-25-8-3-2-4-9-25)31-27(29)11-6-15-34-31;/h2-11,15,19,22,24,28,32H,12-14,16-18,20-21H2,1H3,(H,33,36);1H. The number of hydrogen-bond donors (Lipinski definition) is 2. The van der Waals surface area contributed by atoms with E-state index in [-0.39, 0.29) is 24.2 Å². The largest absolute Gasteiger partial charge is 0.356 e. The van der Waals surface area contributed by atoms with Gasteiger partial charge in [0, 0.05) is 43.2 Å². The van der Waals surface area contributed by atoms with Crippen LogP contribution in [0.4, 0.5) is 0 Å². The van der Waals surface area contributed by atoms with Crippen molar-refractivity contribution in [2.45, 2.75) is 45.1 Å². The fourth-order valence-corrected chi connectivity index (χ4v) is 5.47. The Morgan fingerprint density at radius 1 is 1.08 bits per heavy atom. The molecule has 2 aromatic heterocycles. The molecule has 1 fully saturated rings. The van der Waals surface area contributed by atoms with Crippen molar-refractivity contribution in [3.8, 4) is 0 Å². The summed E-state index contributed by atoms with van der Waals surface area (Å²) >= 11 is 0. The molecule has 1 amide bonds. The Kier molecular flexibility index (Phi) is 9.37. The van der Waals surface area contributed by atoms with Crippen molar-refractivity contribution >= 4 is 29.3 Å². The first kappa shape index (κ1) is 26.9. The molecule has 1 aliphatic heterocycles. The van der Waals surface area contributed by atoms with Crippen LogP contribution in [0.15, 0.2) is 79.1 Å². The highest BCUT2D eigenvalue weighted by Crippen LogP contribution is 2.35. The molecular formula is C31H37ClN4O. The van der Waals surface area contributed by atoms with Crippen LogP contribution in [0.2, 0.25) is 0 Å². The number of amides is 1. The smallest absolute Gasteiger partial charge is 0.220 e. The number of aryl methyl sites for hydroxylation is 1. The maximum atomic E-state index is 13.2. The lowest BCUT2D eigenvalue weighted by atomic mass is 9.87. The number of hydrogen-bond acceptors (Lipinski definition) is 3. The average molecular weight is 517 g/mol. The Balaban J connectivity index is 0.00000320. The third kappa shape index (κ3) is 6.79. The lowest BCUT2D eigenvalue weighted by molar-refractivity contribution is -0.121. The van der Waals surface area contributed by atoms with Crippen molar-refractivity contribution in [2.75, 3.05) is 19.6 Å². The molecule has 0 spiro atoms. The third-order valence-electron chi connectivity index (χ3n) is 7.40. The minimum atomic E-state index is -0.0347. The van der Waals surface area contributed by atoms with Crippen molar-refractivity contribution in [1.82, 2.24) is 20.2 Å². The van der Waals surface area contributed by atoms with Crippen molar-refractivity contribution < 1.29 is 4.79 Å². The average Bonchev–Trinajstić information content (AvgIpc) is 3.26. The first-order valence-electron chi connectivity index (χ1n) is 13.2. The summed E-state index contributed by atoms with van der Waals surface area (Å²) in [6.07, 6.45) is 7.95. The molecule has 1 unspecified atom stereocenters. The van der Waals surface area contributed by atoms with Crippen LogP contribution in [-0.2, 0) is 11.3 Å². The van der Waals surface area contributed by atoms with Gasteiger partial charge in [0.15, 0.2) is 0 Å². The second-order valence-corrected chi connectivity index (χ2v) is 10.1. The van der Waals surface area contributed by atoms with E-state index in [0.29, 0.717) is 12.3 Å². The lowest BCUT2D eigenvalue weighted by Crippen LogP contribution is -2.31. The molecule has 37 heavy (non-hydrogen) atoms. The van der Waals surface area contributed by atoms with Crippen molar-refractivity contribution in [1.29, 1.82) is 0 Å². The quantitative estimate of drug-likeness (QED) is 0.293. The molecule has 0 radical (unpaired) electrons. The van der Waals surface area contributed by atoms with Gasteiger partial charge in [-0.05, 0) is 74.0 Å². The monoisotopic (exact) mass is 516 g/mol. The molecule has 0 saturated carbocycles.